The van der Waals surface area contributed by atoms with Crippen molar-refractivity contribution < 1.29 is 0 Å². The van der Waals surface area contributed by atoms with Crippen LogP contribution in [0.2, 0.25) is 0 Å². The van der Waals surface area contributed by atoms with Gasteiger partial charge in [0, 0.05) is 11.9 Å². The van der Waals surface area contributed by atoms with E-state index in [4.69, 9.17) is 0 Å². The average Bonchev–Trinajstić information content (AvgIpc) is 2.99. The standard InChI is InChI=1S/C24H38N4S/c1-5-8-23-24(19(2)28(4)25-23)26-29-22-13-11-20(12-14-22)9-6-7-10-21-15-17-27(3)18-16-21/h11-14,21,26H,5-10,15-18H2,1-4H3. The quantitative estimate of drug-likeness (QED) is 0.390. The molecule has 5 heteroatoms. The summed E-state index contributed by atoms with van der Waals surface area (Å²) in [6.07, 6.45) is 10.2. The van der Waals surface area contributed by atoms with Crippen molar-refractivity contribution in [3.8, 4) is 0 Å². The van der Waals surface area contributed by atoms with Crippen LogP contribution in [-0.4, -0.2) is 34.8 Å². The van der Waals surface area contributed by atoms with E-state index in [1.807, 2.05) is 11.7 Å². The Kier molecular flexibility index (Phi) is 8.49. The van der Waals surface area contributed by atoms with Gasteiger partial charge in [0.15, 0.2) is 0 Å². The number of benzene rings is 1. The fraction of sp³-hybridized carbons (Fsp3) is 0.625. The Morgan fingerprint density at radius 3 is 2.48 bits per heavy atom. The lowest BCUT2D eigenvalue weighted by Crippen LogP contribution is -2.30. The van der Waals surface area contributed by atoms with Crippen LogP contribution in [0.5, 0.6) is 0 Å². The van der Waals surface area contributed by atoms with Gasteiger partial charge in [-0.1, -0.05) is 38.3 Å². The van der Waals surface area contributed by atoms with E-state index in [2.05, 4.69) is 59.9 Å². The van der Waals surface area contributed by atoms with Crippen LogP contribution in [0, 0.1) is 12.8 Å². The van der Waals surface area contributed by atoms with Crippen LogP contribution in [0.15, 0.2) is 29.2 Å². The first-order valence-electron chi connectivity index (χ1n) is 11.3. The van der Waals surface area contributed by atoms with Gasteiger partial charge in [-0.05, 0) is 94.7 Å². The van der Waals surface area contributed by atoms with Gasteiger partial charge >= 0.3 is 0 Å². The molecule has 29 heavy (non-hydrogen) atoms. The van der Waals surface area contributed by atoms with Gasteiger partial charge in [-0.2, -0.15) is 5.10 Å². The van der Waals surface area contributed by atoms with Crippen LogP contribution >= 0.6 is 11.9 Å². The number of aromatic nitrogens is 2. The normalized spacial score (nSPS) is 15.7. The van der Waals surface area contributed by atoms with E-state index < -0.39 is 0 Å². The first-order valence-corrected chi connectivity index (χ1v) is 12.1. The number of nitrogens with zero attached hydrogens (tertiary/aromatic N) is 3. The maximum Gasteiger partial charge on any atom is 0.0890 e. The second-order valence-electron chi connectivity index (χ2n) is 8.62. The highest BCUT2D eigenvalue weighted by atomic mass is 32.2. The molecule has 0 aliphatic carbocycles. The summed E-state index contributed by atoms with van der Waals surface area (Å²) in [4.78, 5) is 3.72. The molecule has 0 radical (unpaired) electrons. The number of aryl methyl sites for hydroxylation is 3. The summed E-state index contributed by atoms with van der Waals surface area (Å²) >= 11 is 1.69. The number of piperidine rings is 1. The molecule has 0 bridgehead atoms. The lowest BCUT2D eigenvalue weighted by molar-refractivity contribution is 0.210. The Balaban J connectivity index is 1.41. The van der Waals surface area contributed by atoms with Gasteiger partial charge < -0.3 is 9.62 Å². The van der Waals surface area contributed by atoms with Gasteiger partial charge in [-0.25, -0.2) is 0 Å². The minimum absolute atomic E-state index is 0.963. The Morgan fingerprint density at radius 2 is 1.79 bits per heavy atom. The molecule has 1 aliphatic rings. The van der Waals surface area contributed by atoms with E-state index in [1.54, 1.807) is 11.9 Å². The zero-order valence-electron chi connectivity index (χ0n) is 18.7. The highest BCUT2D eigenvalue weighted by molar-refractivity contribution is 8.00. The monoisotopic (exact) mass is 414 g/mol. The fourth-order valence-corrected chi connectivity index (χ4v) is 4.93. The van der Waals surface area contributed by atoms with E-state index in [0.29, 0.717) is 0 Å². The molecule has 0 unspecified atom stereocenters. The fourth-order valence-electron chi connectivity index (χ4n) is 4.17. The van der Waals surface area contributed by atoms with E-state index in [1.165, 1.54) is 79.1 Å². The van der Waals surface area contributed by atoms with Crippen LogP contribution in [0.4, 0.5) is 5.69 Å². The maximum atomic E-state index is 4.64. The van der Waals surface area contributed by atoms with Crippen molar-refractivity contribution in [2.24, 2.45) is 13.0 Å². The number of hydrogen-bond acceptors (Lipinski definition) is 4. The van der Waals surface area contributed by atoms with Crippen LogP contribution in [0.1, 0.15) is 62.4 Å². The van der Waals surface area contributed by atoms with Gasteiger partial charge in [0.1, 0.15) is 0 Å². The molecule has 0 atom stereocenters. The Morgan fingerprint density at radius 1 is 1.07 bits per heavy atom. The predicted molar refractivity (Wildman–Crippen MR) is 126 cm³/mol. The molecule has 0 amide bonds. The molecule has 2 aromatic rings. The summed E-state index contributed by atoms with van der Waals surface area (Å²) in [5.74, 6) is 0.963. The molecule has 1 fully saturated rings. The minimum Gasteiger partial charge on any atom is -0.323 e. The molecule has 3 rings (SSSR count). The topological polar surface area (TPSA) is 33.1 Å². The molecular weight excluding hydrogens is 376 g/mol. The Bertz CT molecular complexity index is 745. The van der Waals surface area contributed by atoms with E-state index in [0.717, 1.165) is 18.8 Å². The number of unbranched alkanes of at least 4 members (excludes halogenated alkanes) is 1. The molecular formula is C24H38N4S. The van der Waals surface area contributed by atoms with Crippen LogP contribution in [-0.2, 0) is 19.9 Å². The zero-order chi connectivity index (χ0) is 20.6. The predicted octanol–water partition coefficient (Wildman–Crippen LogP) is 5.85. The first-order chi connectivity index (χ1) is 14.1. The Labute approximate surface area is 181 Å². The highest BCUT2D eigenvalue weighted by Crippen LogP contribution is 2.28. The molecule has 0 spiro atoms. The molecule has 1 N–H and O–H groups in total. The number of rotatable bonds is 10. The molecule has 1 aromatic carbocycles. The number of likely N-dealkylation sites (tertiary alicyclic amines) is 1. The lowest BCUT2D eigenvalue weighted by Gasteiger charge is -2.28. The van der Waals surface area contributed by atoms with Gasteiger partial charge in [-0.15, -0.1) is 0 Å². The third kappa shape index (κ3) is 6.51. The first kappa shape index (κ1) is 22.2. The Hall–Kier alpha value is -1.46. The molecule has 1 aromatic heterocycles. The lowest BCUT2D eigenvalue weighted by atomic mass is 9.91. The molecule has 2 heterocycles. The summed E-state index contributed by atoms with van der Waals surface area (Å²) in [6, 6.07) is 9.08. The maximum absolute atomic E-state index is 4.64. The summed E-state index contributed by atoms with van der Waals surface area (Å²) in [5, 5.41) is 4.64. The van der Waals surface area contributed by atoms with Crippen molar-refractivity contribution in [3.63, 3.8) is 0 Å². The van der Waals surface area contributed by atoms with Gasteiger partial charge in [-0.3, -0.25) is 4.68 Å². The minimum atomic E-state index is 0.963. The molecule has 4 nitrogen and oxygen atoms in total. The zero-order valence-corrected chi connectivity index (χ0v) is 19.5. The number of hydrogen-bond donors (Lipinski definition) is 1. The van der Waals surface area contributed by atoms with Crippen molar-refractivity contribution in [3.05, 3.63) is 41.2 Å². The van der Waals surface area contributed by atoms with Crippen LogP contribution < -0.4 is 4.72 Å². The molecule has 1 aliphatic heterocycles. The van der Waals surface area contributed by atoms with Gasteiger partial charge in [0.25, 0.3) is 0 Å². The number of anilines is 1. The third-order valence-corrected chi connectivity index (χ3v) is 7.07. The molecule has 0 saturated carbocycles. The van der Waals surface area contributed by atoms with Crippen LogP contribution in [0.3, 0.4) is 0 Å². The molecule has 160 valence electrons. The van der Waals surface area contributed by atoms with Gasteiger partial charge in [0.05, 0.1) is 17.1 Å². The highest BCUT2D eigenvalue weighted by Gasteiger charge is 2.16. The largest absolute Gasteiger partial charge is 0.323 e. The van der Waals surface area contributed by atoms with E-state index in [9.17, 15) is 0 Å². The van der Waals surface area contributed by atoms with Crippen molar-refractivity contribution in [2.75, 3.05) is 24.9 Å². The average molecular weight is 415 g/mol. The second-order valence-corrected chi connectivity index (χ2v) is 9.50. The van der Waals surface area contributed by atoms with Gasteiger partial charge in [0.2, 0.25) is 0 Å². The van der Waals surface area contributed by atoms with E-state index in [-0.39, 0.29) is 0 Å². The SMILES string of the molecule is CCCc1nn(C)c(C)c1NSc1ccc(CCCCC2CCN(C)CC2)cc1. The number of nitrogens with one attached hydrogen (secondary N) is 1. The summed E-state index contributed by atoms with van der Waals surface area (Å²) in [6.45, 7) is 6.91. The van der Waals surface area contributed by atoms with Crippen molar-refractivity contribution in [1.29, 1.82) is 0 Å². The second kappa shape index (κ2) is 11.1. The van der Waals surface area contributed by atoms with Crippen molar-refractivity contribution >= 4 is 17.6 Å². The summed E-state index contributed by atoms with van der Waals surface area (Å²) in [5.41, 5.74) is 5.00. The van der Waals surface area contributed by atoms with E-state index >= 15 is 0 Å². The van der Waals surface area contributed by atoms with Crippen molar-refractivity contribution in [1.82, 2.24) is 14.7 Å². The van der Waals surface area contributed by atoms with Crippen molar-refractivity contribution in [2.45, 2.75) is 70.1 Å². The summed E-state index contributed by atoms with van der Waals surface area (Å²) in [7, 11) is 4.27. The smallest absolute Gasteiger partial charge is 0.0890 e. The molecule has 1 saturated heterocycles. The summed E-state index contributed by atoms with van der Waals surface area (Å²) < 4.78 is 5.52. The third-order valence-electron chi connectivity index (χ3n) is 6.25. The van der Waals surface area contributed by atoms with Crippen LogP contribution in [0.25, 0.3) is 0 Å².